The molecule has 1 aliphatic heterocycles. The Morgan fingerprint density at radius 2 is 1.38 bits per heavy atom. The lowest BCUT2D eigenvalue weighted by Gasteiger charge is -2.30. The van der Waals surface area contributed by atoms with Gasteiger partial charge in [0.05, 0.1) is 29.2 Å². The van der Waals surface area contributed by atoms with Gasteiger partial charge in [0.15, 0.2) is 0 Å². The molecule has 3 N–H and O–H groups in total. The number of carbonyl (C=O) groups is 2. The van der Waals surface area contributed by atoms with Gasteiger partial charge in [-0.25, -0.2) is 0 Å². The molecular formula is C26H28N4O2. The minimum atomic E-state index is -0.268. The number of piperidine rings is 1. The average Bonchev–Trinajstić information content (AvgIpc) is 2.84. The standard InChI is InChI=1S/C26H28N4O2/c31-25(19-27-23-15-7-8-16-24(23)30-17-9-2-10-18-30)29-22-14-6-5-13-21(22)26(32)28-20-11-3-1-4-12-20/h1,3-8,11-16,27H,2,9-10,17-19H2,(H,28,32)(H,29,31). The Morgan fingerprint density at radius 3 is 2.16 bits per heavy atom. The second kappa shape index (κ2) is 10.5. The topological polar surface area (TPSA) is 73.5 Å². The van der Waals surface area contributed by atoms with Gasteiger partial charge in [-0.3, -0.25) is 9.59 Å². The molecule has 1 saturated heterocycles. The first kappa shape index (κ1) is 21.4. The number of carbonyl (C=O) groups excluding carboxylic acids is 2. The van der Waals surface area contributed by atoms with Crippen molar-refractivity contribution in [1.82, 2.24) is 0 Å². The van der Waals surface area contributed by atoms with Gasteiger partial charge in [0.2, 0.25) is 5.91 Å². The van der Waals surface area contributed by atoms with Crippen molar-refractivity contribution in [3.63, 3.8) is 0 Å². The van der Waals surface area contributed by atoms with Crippen molar-refractivity contribution < 1.29 is 9.59 Å². The zero-order valence-electron chi connectivity index (χ0n) is 18.0. The smallest absolute Gasteiger partial charge is 0.257 e. The van der Waals surface area contributed by atoms with Crippen molar-refractivity contribution in [3.8, 4) is 0 Å². The van der Waals surface area contributed by atoms with Crippen molar-refractivity contribution in [2.45, 2.75) is 19.3 Å². The van der Waals surface area contributed by atoms with E-state index < -0.39 is 0 Å². The molecule has 3 aromatic carbocycles. The summed E-state index contributed by atoms with van der Waals surface area (Å²) >= 11 is 0. The van der Waals surface area contributed by atoms with Crippen molar-refractivity contribution in [3.05, 3.63) is 84.4 Å². The summed E-state index contributed by atoms with van der Waals surface area (Å²) in [4.78, 5) is 27.8. The number of hydrogen-bond donors (Lipinski definition) is 3. The van der Waals surface area contributed by atoms with E-state index in [9.17, 15) is 9.59 Å². The lowest BCUT2D eigenvalue weighted by molar-refractivity contribution is -0.114. The summed E-state index contributed by atoms with van der Waals surface area (Å²) in [5, 5.41) is 9.00. The first-order valence-corrected chi connectivity index (χ1v) is 11.0. The zero-order chi connectivity index (χ0) is 22.2. The first-order valence-electron chi connectivity index (χ1n) is 11.0. The van der Waals surface area contributed by atoms with Crippen LogP contribution in [0.5, 0.6) is 0 Å². The SMILES string of the molecule is O=C(CNc1ccccc1N1CCCCC1)Nc1ccccc1C(=O)Nc1ccccc1. The minimum absolute atomic E-state index is 0.111. The molecule has 164 valence electrons. The van der Waals surface area contributed by atoms with Crippen LogP contribution in [0.1, 0.15) is 29.6 Å². The lowest BCUT2D eigenvalue weighted by Crippen LogP contribution is -2.30. The predicted octanol–water partition coefficient (Wildman–Crippen LogP) is 4.98. The molecule has 0 bridgehead atoms. The number of nitrogens with zero attached hydrogens (tertiary/aromatic N) is 1. The number of para-hydroxylation sites is 4. The number of nitrogens with one attached hydrogen (secondary N) is 3. The van der Waals surface area contributed by atoms with Gasteiger partial charge in [0.25, 0.3) is 5.91 Å². The van der Waals surface area contributed by atoms with E-state index >= 15 is 0 Å². The maximum atomic E-state index is 12.7. The van der Waals surface area contributed by atoms with Crippen LogP contribution in [0.15, 0.2) is 78.9 Å². The van der Waals surface area contributed by atoms with Crippen molar-refractivity contribution in [2.75, 3.05) is 40.5 Å². The molecule has 6 heteroatoms. The van der Waals surface area contributed by atoms with Gasteiger partial charge < -0.3 is 20.9 Å². The molecule has 3 aromatic rings. The molecule has 0 aromatic heterocycles. The molecule has 0 aliphatic carbocycles. The van der Waals surface area contributed by atoms with Gasteiger partial charge in [-0.15, -0.1) is 0 Å². The van der Waals surface area contributed by atoms with E-state index in [1.807, 2.05) is 48.5 Å². The van der Waals surface area contributed by atoms with Crippen molar-refractivity contribution in [1.29, 1.82) is 0 Å². The largest absolute Gasteiger partial charge is 0.374 e. The van der Waals surface area contributed by atoms with Gasteiger partial charge in [-0.2, -0.15) is 0 Å². The van der Waals surface area contributed by atoms with Gasteiger partial charge in [0.1, 0.15) is 0 Å². The highest BCUT2D eigenvalue weighted by atomic mass is 16.2. The van der Waals surface area contributed by atoms with Crippen LogP contribution in [0.2, 0.25) is 0 Å². The quantitative estimate of drug-likeness (QED) is 0.496. The summed E-state index contributed by atoms with van der Waals surface area (Å²) in [6, 6.07) is 24.4. The summed E-state index contributed by atoms with van der Waals surface area (Å²) in [5.41, 5.74) is 3.67. The Labute approximate surface area is 188 Å². The second-order valence-corrected chi connectivity index (χ2v) is 7.83. The van der Waals surface area contributed by atoms with E-state index in [1.165, 1.54) is 19.3 Å². The highest BCUT2D eigenvalue weighted by Crippen LogP contribution is 2.28. The Morgan fingerprint density at radius 1 is 0.719 bits per heavy atom. The highest BCUT2D eigenvalue weighted by molar-refractivity contribution is 6.10. The second-order valence-electron chi connectivity index (χ2n) is 7.83. The van der Waals surface area contributed by atoms with Crippen LogP contribution in [-0.4, -0.2) is 31.4 Å². The molecule has 1 heterocycles. The monoisotopic (exact) mass is 428 g/mol. The van der Waals surface area contributed by atoms with E-state index in [0.717, 1.165) is 24.5 Å². The summed E-state index contributed by atoms with van der Waals surface area (Å²) in [6.45, 7) is 2.18. The van der Waals surface area contributed by atoms with Crippen LogP contribution in [0.25, 0.3) is 0 Å². The molecule has 6 nitrogen and oxygen atoms in total. The molecule has 0 radical (unpaired) electrons. The number of amides is 2. The molecule has 2 amide bonds. The van der Waals surface area contributed by atoms with Crippen LogP contribution in [-0.2, 0) is 4.79 Å². The minimum Gasteiger partial charge on any atom is -0.374 e. The van der Waals surface area contributed by atoms with Gasteiger partial charge >= 0.3 is 0 Å². The average molecular weight is 429 g/mol. The molecule has 1 fully saturated rings. The fourth-order valence-electron chi connectivity index (χ4n) is 3.91. The molecule has 4 rings (SSSR count). The normalized spacial score (nSPS) is 13.3. The summed E-state index contributed by atoms with van der Waals surface area (Å²) in [7, 11) is 0. The molecule has 0 saturated carbocycles. The lowest BCUT2D eigenvalue weighted by atomic mass is 10.1. The predicted molar refractivity (Wildman–Crippen MR) is 130 cm³/mol. The van der Waals surface area contributed by atoms with E-state index in [0.29, 0.717) is 16.9 Å². The van der Waals surface area contributed by atoms with Crippen molar-refractivity contribution in [2.24, 2.45) is 0 Å². The Hall–Kier alpha value is -3.80. The van der Waals surface area contributed by atoms with E-state index in [-0.39, 0.29) is 18.4 Å². The highest BCUT2D eigenvalue weighted by Gasteiger charge is 2.16. The summed E-state index contributed by atoms with van der Waals surface area (Å²) < 4.78 is 0. The van der Waals surface area contributed by atoms with E-state index in [2.05, 4.69) is 26.9 Å². The molecule has 0 spiro atoms. The van der Waals surface area contributed by atoms with Crippen LogP contribution >= 0.6 is 0 Å². The van der Waals surface area contributed by atoms with Crippen LogP contribution in [0, 0.1) is 0 Å². The first-order chi connectivity index (χ1) is 15.7. The molecule has 1 aliphatic rings. The number of benzene rings is 3. The fraction of sp³-hybridized carbons (Fsp3) is 0.231. The summed E-state index contributed by atoms with van der Waals surface area (Å²) in [6.07, 6.45) is 3.65. The Balaban J connectivity index is 1.40. The van der Waals surface area contributed by atoms with Crippen LogP contribution in [0.3, 0.4) is 0 Å². The maximum Gasteiger partial charge on any atom is 0.257 e. The maximum absolute atomic E-state index is 12.7. The van der Waals surface area contributed by atoms with Crippen molar-refractivity contribution >= 4 is 34.6 Å². The molecule has 32 heavy (non-hydrogen) atoms. The third-order valence-electron chi connectivity index (χ3n) is 5.52. The Kier molecular flexibility index (Phi) is 7.02. The molecular weight excluding hydrogens is 400 g/mol. The number of anilines is 4. The third kappa shape index (κ3) is 5.46. The van der Waals surface area contributed by atoms with Crippen LogP contribution in [0.4, 0.5) is 22.7 Å². The fourth-order valence-corrected chi connectivity index (χ4v) is 3.91. The Bertz CT molecular complexity index is 1060. The zero-order valence-corrected chi connectivity index (χ0v) is 18.0. The number of rotatable bonds is 7. The van der Waals surface area contributed by atoms with Gasteiger partial charge in [-0.1, -0.05) is 42.5 Å². The van der Waals surface area contributed by atoms with Crippen LogP contribution < -0.4 is 20.9 Å². The molecule has 0 atom stereocenters. The third-order valence-corrected chi connectivity index (χ3v) is 5.52. The number of hydrogen-bond acceptors (Lipinski definition) is 4. The van der Waals surface area contributed by atoms with E-state index in [1.54, 1.807) is 24.3 Å². The molecule has 0 unspecified atom stereocenters. The van der Waals surface area contributed by atoms with Gasteiger partial charge in [-0.05, 0) is 55.7 Å². The van der Waals surface area contributed by atoms with E-state index in [4.69, 9.17) is 0 Å². The summed E-state index contributed by atoms with van der Waals surface area (Å²) in [5.74, 6) is -0.478. The van der Waals surface area contributed by atoms with Gasteiger partial charge in [0, 0.05) is 18.8 Å².